The summed E-state index contributed by atoms with van der Waals surface area (Å²) >= 11 is 1.62. The first-order valence-electron chi connectivity index (χ1n) is 7.51. The van der Waals surface area contributed by atoms with Crippen molar-refractivity contribution in [1.29, 1.82) is 0 Å². The van der Waals surface area contributed by atoms with Crippen molar-refractivity contribution >= 4 is 22.9 Å². The number of anilines is 1. The minimum absolute atomic E-state index is 0.133. The molecule has 2 aromatic rings. The van der Waals surface area contributed by atoms with E-state index >= 15 is 0 Å². The number of amides is 1. The number of carbonyl (C=O) groups is 1. The first kappa shape index (κ1) is 15.9. The number of hydrogen-bond acceptors (Lipinski definition) is 6. The van der Waals surface area contributed by atoms with Crippen molar-refractivity contribution in [3.05, 3.63) is 35.5 Å². The van der Waals surface area contributed by atoms with Crippen LogP contribution in [0.2, 0.25) is 0 Å². The third-order valence-electron chi connectivity index (χ3n) is 3.96. The van der Waals surface area contributed by atoms with E-state index in [4.69, 9.17) is 0 Å². The molecule has 1 aromatic heterocycles. The lowest BCUT2D eigenvalue weighted by atomic mass is 10.1. The zero-order chi connectivity index (χ0) is 16.4. The molecule has 1 saturated heterocycles. The molecule has 3 N–H and O–H groups in total. The molecule has 122 valence electrons. The number of aryl methyl sites for hydroxylation is 1. The second-order valence-corrected chi connectivity index (χ2v) is 6.55. The highest BCUT2D eigenvalue weighted by Gasteiger charge is 2.28. The summed E-state index contributed by atoms with van der Waals surface area (Å²) in [7, 11) is 1.80. The number of nitrogens with one attached hydrogen (secondary N) is 2. The third kappa shape index (κ3) is 3.52. The van der Waals surface area contributed by atoms with E-state index in [0.717, 1.165) is 21.8 Å². The molecule has 0 spiro atoms. The molecule has 6 nitrogen and oxygen atoms in total. The summed E-state index contributed by atoms with van der Waals surface area (Å²) in [5.41, 5.74) is 7.71. The van der Waals surface area contributed by atoms with Gasteiger partial charge in [-0.3, -0.25) is 15.2 Å². The summed E-state index contributed by atoms with van der Waals surface area (Å²) < 4.78 is 0. The Morgan fingerprint density at radius 3 is 2.74 bits per heavy atom. The number of aliphatic hydroxyl groups is 1. The van der Waals surface area contributed by atoms with Gasteiger partial charge in [0.15, 0.2) is 0 Å². The van der Waals surface area contributed by atoms with Crippen molar-refractivity contribution in [3.8, 4) is 10.4 Å². The van der Waals surface area contributed by atoms with Crippen LogP contribution in [0.15, 0.2) is 29.8 Å². The summed E-state index contributed by atoms with van der Waals surface area (Å²) in [6.45, 7) is 2.46. The van der Waals surface area contributed by atoms with Gasteiger partial charge in [-0.15, -0.1) is 11.3 Å². The van der Waals surface area contributed by atoms with Gasteiger partial charge >= 0.3 is 0 Å². The zero-order valence-corrected chi connectivity index (χ0v) is 13.9. The van der Waals surface area contributed by atoms with Crippen molar-refractivity contribution in [2.45, 2.75) is 25.5 Å². The monoisotopic (exact) mass is 332 g/mol. The van der Waals surface area contributed by atoms with Crippen molar-refractivity contribution in [3.63, 3.8) is 0 Å². The van der Waals surface area contributed by atoms with Gasteiger partial charge in [0.05, 0.1) is 33.9 Å². The Bertz CT molecular complexity index is 686. The standard InChI is InChI=1S/C16H20N4O2S/c1-10-15(23-9-18-10)11-3-5-12(6-4-11)20(2)19-16(22)14-7-13(21)8-17-14/h3-6,9,13-14,17,21H,7-8H2,1-2H3,(H,19,22)/t13-,14+/m1/s1. The molecular weight excluding hydrogens is 312 g/mol. The highest BCUT2D eigenvalue weighted by atomic mass is 32.1. The van der Waals surface area contributed by atoms with Gasteiger partial charge in [0.1, 0.15) is 0 Å². The molecule has 1 aromatic carbocycles. The Hall–Kier alpha value is -1.96. The van der Waals surface area contributed by atoms with E-state index in [9.17, 15) is 9.90 Å². The highest BCUT2D eigenvalue weighted by molar-refractivity contribution is 7.13. The normalized spacial score (nSPS) is 20.5. The number of aliphatic hydroxyl groups excluding tert-OH is 1. The van der Waals surface area contributed by atoms with Crippen LogP contribution < -0.4 is 15.8 Å². The SMILES string of the molecule is Cc1ncsc1-c1ccc(N(C)NC(=O)[C@@H]2C[C@@H](O)CN2)cc1. The smallest absolute Gasteiger partial charge is 0.255 e. The Morgan fingerprint density at radius 1 is 1.43 bits per heavy atom. The zero-order valence-electron chi connectivity index (χ0n) is 13.1. The van der Waals surface area contributed by atoms with Crippen LogP contribution in [0, 0.1) is 6.92 Å². The fourth-order valence-corrected chi connectivity index (χ4v) is 3.45. The topological polar surface area (TPSA) is 77.5 Å². The highest BCUT2D eigenvalue weighted by Crippen LogP contribution is 2.28. The van der Waals surface area contributed by atoms with Crippen LogP contribution >= 0.6 is 11.3 Å². The van der Waals surface area contributed by atoms with Crippen LogP contribution in [0.1, 0.15) is 12.1 Å². The number of carbonyl (C=O) groups excluding carboxylic acids is 1. The number of rotatable bonds is 4. The van der Waals surface area contributed by atoms with Crippen LogP contribution in [0.25, 0.3) is 10.4 Å². The van der Waals surface area contributed by atoms with Gasteiger partial charge in [-0.05, 0) is 31.0 Å². The number of thiazole rings is 1. The van der Waals surface area contributed by atoms with E-state index < -0.39 is 6.10 Å². The molecule has 2 heterocycles. The average Bonchev–Trinajstić information content (AvgIpc) is 3.16. The van der Waals surface area contributed by atoms with Crippen LogP contribution in [-0.4, -0.2) is 41.7 Å². The van der Waals surface area contributed by atoms with Gasteiger partial charge in [0, 0.05) is 13.6 Å². The minimum Gasteiger partial charge on any atom is -0.392 e. The molecule has 3 rings (SSSR count). The van der Waals surface area contributed by atoms with Gasteiger partial charge in [-0.1, -0.05) is 12.1 Å². The van der Waals surface area contributed by atoms with Crippen molar-refractivity contribution < 1.29 is 9.90 Å². The van der Waals surface area contributed by atoms with Gasteiger partial charge in [0.2, 0.25) is 0 Å². The second kappa shape index (κ2) is 6.66. The van der Waals surface area contributed by atoms with Crippen molar-refractivity contribution in [2.75, 3.05) is 18.6 Å². The summed E-state index contributed by atoms with van der Waals surface area (Å²) in [5.74, 6) is -0.133. The lowest BCUT2D eigenvalue weighted by molar-refractivity contribution is -0.123. The maximum atomic E-state index is 12.1. The predicted octanol–water partition coefficient (Wildman–Crippen LogP) is 1.31. The lowest BCUT2D eigenvalue weighted by Gasteiger charge is -2.22. The quantitative estimate of drug-likeness (QED) is 0.736. The van der Waals surface area contributed by atoms with Gasteiger partial charge < -0.3 is 10.4 Å². The molecule has 0 aliphatic carbocycles. The van der Waals surface area contributed by atoms with Gasteiger partial charge in [-0.2, -0.15) is 0 Å². The molecule has 2 atom stereocenters. The number of nitrogens with zero attached hydrogens (tertiary/aromatic N) is 2. The Kier molecular flexibility index (Phi) is 4.61. The third-order valence-corrected chi connectivity index (χ3v) is 4.94. The fourth-order valence-electron chi connectivity index (χ4n) is 2.64. The van der Waals surface area contributed by atoms with E-state index in [0.29, 0.717) is 13.0 Å². The number of β-amino-alcohol motifs (C(OH)–C–C–N with tert-alkyl or cyclic N) is 1. The second-order valence-electron chi connectivity index (χ2n) is 5.70. The van der Waals surface area contributed by atoms with Gasteiger partial charge in [0.25, 0.3) is 5.91 Å². The Labute approximate surface area is 139 Å². The van der Waals surface area contributed by atoms with Crippen LogP contribution in [0.5, 0.6) is 0 Å². The van der Waals surface area contributed by atoms with Crippen molar-refractivity contribution in [2.24, 2.45) is 0 Å². The van der Waals surface area contributed by atoms with Gasteiger partial charge in [-0.25, -0.2) is 4.98 Å². The first-order chi connectivity index (χ1) is 11.0. The molecular formula is C16H20N4O2S. The molecule has 1 aliphatic heterocycles. The van der Waals surface area contributed by atoms with E-state index in [1.165, 1.54) is 0 Å². The van der Waals surface area contributed by atoms with Crippen molar-refractivity contribution in [1.82, 2.24) is 15.7 Å². The molecule has 1 fully saturated rings. The Balaban J connectivity index is 1.65. The number of benzene rings is 1. The Morgan fingerprint density at radius 2 is 2.17 bits per heavy atom. The molecule has 0 bridgehead atoms. The molecule has 0 unspecified atom stereocenters. The van der Waals surface area contributed by atoms with Crippen LogP contribution in [0.3, 0.4) is 0 Å². The lowest BCUT2D eigenvalue weighted by Crippen LogP contribution is -2.47. The van der Waals surface area contributed by atoms with E-state index in [-0.39, 0.29) is 11.9 Å². The largest absolute Gasteiger partial charge is 0.392 e. The average molecular weight is 332 g/mol. The van der Waals surface area contributed by atoms with Crippen LogP contribution in [0.4, 0.5) is 5.69 Å². The molecule has 0 radical (unpaired) electrons. The maximum Gasteiger partial charge on any atom is 0.255 e. The maximum absolute atomic E-state index is 12.1. The molecule has 1 aliphatic rings. The van der Waals surface area contributed by atoms with E-state index in [2.05, 4.69) is 15.7 Å². The minimum atomic E-state index is -0.446. The van der Waals surface area contributed by atoms with Crippen LogP contribution in [-0.2, 0) is 4.79 Å². The number of hydrogen-bond donors (Lipinski definition) is 3. The summed E-state index contributed by atoms with van der Waals surface area (Å²) in [4.78, 5) is 17.6. The summed E-state index contributed by atoms with van der Waals surface area (Å²) in [6.07, 6.45) is 0.00137. The predicted molar refractivity (Wildman–Crippen MR) is 91.2 cm³/mol. The molecule has 7 heteroatoms. The summed E-state index contributed by atoms with van der Waals surface area (Å²) in [5, 5.41) is 14.2. The molecule has 1 amide bonds. The van der Waals surface area contributed by atoms with E-state index in [1.807, 2.05) is 36.7 Å². The number of hydrazine groups is 1. The molecule has 0 saturated carbocycles. The fraction of sp³-hybridized carbons (Fsp3) is 0.375. The first-order valence-corrected chi connectivity index (χ1v) is 8.39. The summed E-state index contributed by atoms with van der Waals surface area (Å²) in [6, 6.07) is 7.63. The van der Waals surface area contributed by atoms with E-state index in [1.54, 1.807) is 23.4 Å². The molecule has 23 heavy (non-hydrogen) atoms. The number of aromatic nitrogens is 1.